The molecule has 2 atom stereocenters. The van der Waals surface area contributed by atoms with E-state index in [4.69, 9.17) is 25.4 Å². The first kappa shape index (κ1) is 31.0. The van der Waals surface area contributed by atoms with Crippen molar-refractivity contribution in [2.75, 3.05) is 27.4 Å². The molecular formula is C31H36ClN2O6P. The van der Waals surface area contributed by atoms with Gasteiger partial charge in [0.15, 0.2) is 0 Å². The number of aliphatic hydroxyl groups excluding tert-OH is 1. The second kappa shape index (κ2) is 13.8. The number of nitrogens with zero attached hydrogens (tertiary/aromatic N) is 1. The number of aliphatic hydroxyl groups is 1. The molecule has 10 heteroatoms. The van der Waals surface area contributed by atoms with Crippen LogP contribution in [0.15, 0.2) is 72.8 Å². The first-order valence-corrected chi connectivity index (χ1v) is 15.4. The predicted octanol–water partition coefficient (Wildman–Crippen LogP) is 5.89. The number of esters is 1. The van der Waals surface area contributed by atoms with Crippen LogP contribution in [0.1, 0.15) is 47.1 Å². The molecule has 0 unspecified atom stereocenters. The van der Waals surface area contributed by atoms with Crippen LogP contribution >= 0.6 is 19.2 Å². The van der Waals surface area contributed by atoms with Gasteiger partial charge in [-0.15, -0.1) is 0 Å². The Morgan fingerprint density at radius 2 is 1.73 bits per heavy atom. The molecular weight excluding hydrogens is 563 g/mol. The van der Waals surface area contributed by atoms with E-state index < -0.39 is 19.7 Å². The van der Waals surface area contributed by atoms with Crippen molar-refractivity contribution < 1.29 is 28.3 Å². The summed E-state index contributed by atoms with van der Waals surface area (Å²) in [5.41, 5.74) is 4.14. The van der Waals surface area contributed by atoms with E-state index in [2.05, 4.69) is 24.4 Å². The van der Waals surface area contributed by atoms with Crippen LogP contribution in [0.25, 0.3) is 10.9 Å². The molecule has 2 N–H and O–H groups in total. The monoisotopic (exact) mass is 598 g/mol. The van der Waals surface area contributed by atoms with Crippen molar-refractivity contribution in [1.82, 2.24) is 9.88 Å². The van der Waals surface area contributed by atoms with Gasteiger partial charge in [-0.2, -0.15) is 0 Å². The predicted molar refractivity (Wildman–Crippen MR) is 162 cm³/mol. The number of benzene rings is 3. The molecule has 0 amide bonds. The van der Waals surface area contributed by atoms with Crippen molar-refractivity contribution in [3.63, 3.8) is 0 Å². The number of ether oxygens (including phenoxy) is 1. The Hall–Kier alpha value is -2.97. The maximum atomic E-state index is 12.9. The molecule has 8 nitrogen and oxygen atoms in total. The number of carbonyl (C=O) groups excluding carboxylic acids is 1. The summed E-state index contributed by atoms with van der Waals surface area (Å²) in [7, 11) is -0.644. The summed E-state index contributed by atoms with van der Waals surface area (Å²) in [6.07, 6.45) is 0.0725. The molecule has 0 aliphatic heterocycles. The molecule has 4 rings (SSSR count). The number of halogens is 1. The van der Waals surface area contributed by atoms with Crippen molar-refractivity contribution in [3.8, 4) is 0 Å². The Bertz CT molecular complexity index is 1530. The molecule has 3 aromatic carbocycles. The Morgan fingerprint density at radius 1 is 1.02 bits per heavy atom. The summed E-state index contributed by atoms with van der Waals surface area (Å²) >= 11 is 6.05. The van der Waals surface area contributed by atoms with Gasteiger partial charge in [0.25, 0.3) is 0 Å². The minimum absolute atomic E-state index is 0.0987. The fraction of sp³-hybridized carbons (Fsp3) is 0.323. The molecule has 0 spiro atoms. The lowest BCUT2D eigenvalue weighted by Crippen LogP contribution is -2.32. The third-order valence-corrected chi connectivity index (χ3v) is 9.09. The quantitative estimate of drug-likeness (QED) is 0.146. The SMILES string of the molecule is CCOC(=O)c1cc2cc(C[C@@H](C)NC[C@H](O)c3cccc(Cl)c3)ccc2n1Cc1ccc(P(=O)(OC)OC)cc1. The van der Waals surface area contributed by atoms with Crippen LogP contribution in [-0.2, 0) is 31.3 Å². The summed E-state index contributed by atoms with van der Waals surface area (Å²) in [6.45, 7) is 4.94. The van der Waals surface area contributed by atoms with E-state index in [1.54, 1.807) is 31.2 Å². The summed E-state index contributed by atoms with van der Waals surface area (Å²) in [5.74, 6) is -0.393. The zero-order valence-electron chi connectivity index (χ0n) is 23.7. The van der Waals surface area contributed by atoms with Crippen LogP contribution in [0, 0.1) is 0 Å². The molecule has 0 saturated carbocycles. The molecule has 0 aliphatic carbocycles. The number of hydrogen-bond donors (Lipinski definition) is 2. The van der Waals surface area contributed by atoms with Gasteiger partial charge in [0, 0.05) is 49.3 Å². The molecule has 0 fully saturated rings. The number of hydrogen-bond acceptors (Lipinski definition) is 7. The molecule has 0 radical (unpaired) electrons. The lowest BCUT2D eigenvalue weighted by Gasteiger charge is -2.18. The largest absolute Gasteiger partial charge is 0.461 e. The van der Waals surface area contributed by atoms with Gasteiger partial charge in [0.1, 0.15) is 5.69 Å². The Labute approximate surface area is 245 Å². The highest BCUT2D eigenvalue weighted by molar-refractivity contribution is 7.62. The minimum atomic E-state index is -3.35. The van der Waals surface area contributed by atoms with E-state index >= 15 is 0 Å². The Balaban J connectivity index is 1.52. The average Bonchev–Trinajstić information content (AvgIpc) is 3.33. The Morgan fingerprint density at radius 3 is 2.39 bits per heavy atom. The number of nitrogens with one attached hydrogen (secondary N) is 1. The summed E-state index contributed by atoms with van der Waals surface area (Å²) in [5, 5.41) is 15.9. The fourth-order valence-corrected chi connectivity index (χ4v) is 6.10. The molecule has 0 bridgehead atoms. The van der Waals surface area contributed by atoms with Gasteiger partial charge in [0.05, 0.1) is 18.0 Å². The lowest BCUT2D eigenvalue weighted by atomic mass is 10.0. The normalized spacial score (nSPS) is 13.3. The van der Waals surface area contributed by atoms with Gasteiger partial charge in [-0.05, 0) is 79.4 Å². The van der Waals surface area contributed by atoms with Gasteiger partial charge in [-0.1, -0.05) is 41.9 Å². The van der Waals surface area contributed by atoms with E-state index in [-0.39, 0.29) is 12.6 Å². The third kappa shape index (κ3) is 7.46. The molecule has 41 heavy (non-hydrogen) atoms. The summed E-state index contributed by atoms with van der Waals surface area (Å²) in [4.78, 5) is 12.9. The molecule has 0 aliphatic rings. The average molecular weight is 599 g/mol. The zero-order chi connectivity index (χ0) is 29.6. The van der Waals surface area contributed by atoms with Crippen molar-refractivity contribution >= 4 is 41.4 Å². The standard InChI is InChI=1S/C31H36ClN2O6P/c1-5-40-31(36)29-18-25-16-23(15-21(2)33-19-30(35)24-7-6-8-26(32)17-24)11-14-28(25)34(29)20-22-9-12-27(13-10-22)41(37,38-3)39-4/h6-14,16-18,21,30,33,35H,5,15,19-20H2,1-4H3/t21-,30+/m1/s1. The van der Waals surface area contributed by atoms with E-state index in [9.17, 15) is 14.5 Å². The van der Waals surface area contributed by atoms with Crippen molar-refractivity contribution in [1.29, 1.82) is 0 Å². The zero-order valence-corrected chi connectivity index (χ0v) is 25.3. The topological polar surface area (TPSA) is 99.0 Å². The molecule has 1 heterocycles. The van der Waals surface area contributed by atoms with Crippen LogP contribution in [-0.4, -0.2) is 49.1 Å². The van der Waals surface area contributed by atoms with Crippen LogP contribution in [0.4, 0.5) is 0 Å². The number of aromatic nitrogens is 1. The highest BCUT2D eigenvalue weighted by Gasteiger charge is 2.24. The van der Waals surface area contributed by atoms with E-state index in [1.807, 2.05) is 41.0 Å². The number of carbonyl (C=O) groups is 1. The van der Waals surface area contributed by atoms with Gasteiger partial charge in [-0.3, -0.25) is 4.57 Å². The van der Waals surface area contributed by atoms with Crippen LogP contribution in [0.2, 0.25) is 5.02 Å². The van der Waals surface area contributed by atoms with Gasteiger partial charge >= 0.3 is 13.6 Å². The van der Waals surface area contributed by atoms with Gasteiger partial charge < -0.3 is 28.8 Å². The van der Waals surface area contributed by atoms with Gasteiger partial charge in [-0.25, -0.2) is 4.79 Å². The van der Waals surface area contributed by atoms with Gasteiger partial charge in [0.2, 0.25) is 0 Å². The number of fused-ring (bicyclic) bond motifs is 1. The molecule has 218 valence electrons. The van der Waals surface area contributed by atoms with Crippen LogP contribution in [0.5, 0.6) is 0 Å². The summed E-state index contributed by atoms with van der Waals surface area (Å²) in [6, 6.07) is 22.5. The number of rotatable bonds is 13. The van der Waals surface area contributed by atoms with Crippen molar-refractivity contribution in [3.05, 3.63) is 100 Å². The molecule has 4 aromatic rings. The first-order chi connectivity index (χ1) is 19.7. The highest BCUT2D eigenvalue weighted by atomic mass is 35.5. The lowest BCUT2D eigenvalue weighted by molar-refractivity contribution is 0.0515. The van der Waals surface area contributed by atoms with Crippen LogP contribution in [0.3, 0.4) is 0 Å². The van der Waals surface area contributed by atoms with Crippen molar-refractivity contribution in [2.45, 2.75) is 39.0 Å². The maximum absolute atomic E-state index is 12.9. The third-order valence-electron chi connectivity index (χ3n) is 6.96. The second-order valence-electron chi connectivity index (χ2n) is 9.84. The highest BCUT2D eigenvalue weighted by Crippen LogP contribution is 2.44. The van der Waals surface area contributed by atoms with E-state index in [0.717, 1.165) is 34.0 Å². The van der Waals surface area contributed by atoms with Crippen LogP contribution < -0.4 is 10.6 Å². The summed E-state index contributed by atoms with van der Waals surface area (Å²) < 4.78 is 30.2. The van der Waals surface area contributed by atoms with Crippen molar-refractivity contribution in [2.24, 2.45) is 0 Å². The van der Waals surface area contributed by atoms with E-state index in [1.165, 1.54) is 14.2 Å². The smallest absolute Gasteiger partial charge is 0.360 e. The first-order valence-electron chi connectivity index (χ1n) is 13.4. The molecule has 1 aromatic heterocycles. The van der Waals surface area contributed by atoms with E-state index in [0.29, 0.717) is 29.1 Å². The Kier molecular flexibility index (Phi) is 10.4. The maximum Gasteiger partial charge on any atom is 0.360 e. The molecule has 0 saturated heterocycles. The minimum Gasteiger partial charge on any atom is -0.461 e. The fourth-order valence-electron chi connectivity index (χ4n) is 4.81. The second-order valence-corrected chi connectivity index (χ2v) is 12.5.